The standard InChI is InChI=1S/C10H19NO4S/c1-9(12)10-3-5-11(6-4-10)16(13,14)8-7-15-2/h10H,3-8H2,1-2H3. The number of carbonyl (C=O) groups is 1. The van der Waals surface area contributed by atoms with Gasteiger partial charge in [0.15, 0.2) is 0 Å². The minimum atomic E-state index is -3.20. The number of carbonyl (C=O) groups excluding carboxylic acids is 1. The van der Waals surface area contributed by atoms with Crippen LogP contribution in [-0.2, 0) is 19.6 Å². The van der Waals surface area contributed by atoms with Crippen molar-refractivity contribution in [2.45, 2.75) is 19.8 Å². The van der Waals surface area contributed by atoms with Gasteiger partial charge >= 0.3 is 0 Å². The lowest BCUT2D eigenvalue weighted by Crippen LogP contribution is -2.41. The number of hydrogen-bond acceptors (Lipinski definition) is 4. The van der Waals surface area contributed by atoms with Crippen LogP contribution in [0.15, 0.2) is 0 Å². The molecule has 0 aromatic rings. The summed E-state index contributed by atoms with van der Waals surface area (Å²) in [5.74, 6) is 0.219. The predicted molar refractivity (Wildman–Crippen MR) is 60.6 cm³/mol. The molecule has 0 amide bonds. The lowest BCUT2D eigenvalue weighted by Gasteiger charge is -2.29. The summed E-state index contributed by atoms with van der Waals surface area (Å²) in [4.78, 5) is 11.1. The SMILES string of the molecule is COCCS(=O)(=O)N1CCC(C(C)=O)CC1. The van der Waals surface area contributed by atoms with Crippen molar-refractivity contribution in [3.8, 4) is 0 Å². The summed E-state index contributed by atoms with van der Waals surface area (Å²) in [6.45, 7) is 2.70. The molecule has 0 aromatic heterocycles. The van der Waals surface area contributed by atoms with Crippen LogP contribution in [0.5, 0.6) is 0 Å². The molecule has 0 radical (unpaired) electrons. The van der Waals surface area contributed by atoms with Gasteiger partial charge in [0.25, 0.3) is 0 Å². The third-order valence-electron chi connectivity index (χ3n) is 2.97. The van der Waals surface area contributed by atoms with E-state index < -0.39 is 10.0 Å². The highest BCUT2D eigenvalue weighted by Gasteiger charge is 2.29. The zero-order chi connectivity index (χ0) is 12.2. The molecular formula is C10H19NO4S. The second-order valence-electron chi connectivity index (χ2n) is 4.09. The van der Waals surface area contributed by atoms with E-state index in [1.165, 1.54) is 11.4 Å². The summed E-state index contributed by atoms with van der Waals surface area (Å²) >= 11 is 0. The summed E-state index contributed by atoms with van der Waals surface area (Å²) in [5.41, 5.74) is 0. The van der Waals surface area contributed by atoms with Crippen LogP contribution >= 0.6 is 0 Å². The molecule has 0 atom stereocenters. The van der Waals surface area contributed by atoms with Crippen LogP contribution in [0.25, 0.3) is 0 Å². The van der Waals surface area contributed by atoms with E-state index >= 15 is 0 Å². The molecular weight excluding hydrogens is 230 g/mol. The van der Waals surface area contributed by atoms with Gasteiger partial charge in [0.2, 0.25) is 10.0 Å². The smallest absolute Gasteiger partial charge is 0.216 e. The number of hydrogen-bond donors (Lipinski definition) is 0. The quantitative estimate of drug-likeness (QED) is 0.701. The molecule has 1 rings (SSSR count). The molecule has 0 spiro atoms. The van der Waals surface area contributed by atoms with Crippen LogP contribution in [0.2, 0.25) is 0 Å². The molecule has 0 aliphatic carbocycles. The van der Waals surface area contributed by atoms with E-state index in [0.717, 1.165) is 0 Å². The number of rotatable bonds is 5. The zero-order valence-corrected chi connectivity index (χ0v) is 10.6. The third kappa shape index (κ3) is 3.54. The Labute approximate surface area is 96.8 Å². The Bertz CT molecular complexity index is 331. The Hall–Kier alpha value is -0.460. The van der Waals surface area contributed by atoms with Gasteiger partial charge in [-0.3, -0.25) is 4.79 Å². The summed E-state index contributed by atoms with van der Waals surface area (Å²) in [5, 5.41) is 0. The van der Waals surface area contributed by atoms with Crippen molar-refractivity contribution in [1.82, 2.24) is 4.31 Å². The molecule has 94 valence electrons. The van der Waals surface area contributed by atoms with Crippen molar-refractivity contribution < 1.29 is 17.9 Å². The molecule has 1 heterocycles. The van der Waals surface area contributed by atoms with Gasteiger partial charge in [-0.15, -0.1) is 0 Å². The minimum Gasteiger partial charge on any atom is -0.384 e. The lowest BCUT2D eigenvalue weighted by atomic mass is 9.95. The van der Waals surface area contributed by atoms with Gasteiger partial charge in [0.05, 0.1) is 12.4 Å². The molecule has 6 heteroatoms. The van der Waals surface area contributed by atoms with Crippen LogP contribution in [0, 0.1) is 5.92 Å². The summed E-state index contributed by atoms with van der Waals surface area (Å²) in [6.07, 6.45) is 1.28. The Morgan fingerprint density at radius 3 is 2.38 bits per heavy atom. The van der Waals surface area contributed by atoms with Gasteiger partial charge < -0.3 is 4.74 Å². The molecule has 5 nitrogen and oxygen atoms in total. The van der Waals surface area contributed by atoms with Crippen LogP contribution in [0.1, 0.15) is 19.8 Å². The summed E-state index contributed by atoms with van der Waals surface area (Å²) in [7, 11) is -1.71. The van der Waals surface area contributed by atoms with Gasteiger partial charge in [-0.1, -0.05) is 0 Å². The average Bonchev–Trinajstić information content (AvgIpc) is 2.26. The number of Topliss-reactive ketones (excluding diaryl/α,β-unsaturated/α-hetero) is 1. The highest BCUT2D eigenvalue weighted by atomic mass is 32.2. The third-order valence-corrected chi connectivity index (χ3v) is 4.80. The first-order valence-corrected chi connectivity index (χ1v) is 7.05. The number of sulfonamides is 1. The molecule has 0 unspecified atom stereocenters. The first kappa shape index (κ1) is 13.6. The first-order chi connectivity index (χ1) is 7.47. The predicted octanol–water partition coefficient (Wildman–Crippen LogP) is 0.264. The van der Waals surface area contributed by atoms with E-state index in [1.807, 2.05) is 0 Å². The maximum absolute atomic E-state index is 11.8. The van der Waals surface area contributed by atoms with Crippen LogP contribution in [-0.4, -0.2) is 51.1 Å². The summed E-state index contributed by atoms with van der Waals surface area (Å²) < 4.78 is 29.8. The molecule has 0 aromatic carbocycles. The average molecular weight is 249 g/mol. The van der Waals surface area contributed by atoms with Gasteiger partial charge in [0, 0.05) is 26.1 Å². The maximum atomic E-state index is 11.8. The van der Waals surface area contributed by atoms with Crippen molar-refractivity contribution in [1.29, 1.82) is 0 Å². The van der Waals surface area contributed by atoms with E-state index in [-0.39, 0.29) is 24.1 Å². The Balaban J connectivity index is 2.50. The van der Waals surface area contributed by atoms with Crippen molar-refractivity contribution in [2.24, 2.45) is 5.92 Å². The molecule has 0 bridgehead atoms. The van der Waals surface area contributed by atoms with Crippen molar-refractivity contribution >= 4 is 15.8 Å². The number of methoxy groups -OCH3 is 1. The molecule has 16 heavy (non-hydrogen) atoms. The fourth-order valence-electron chi connectivity index (χ4n) is 1.86. The van der Waals surface area contributed by atoms with Gasteiger partial charge in [0.1, 0.15) is 5.78 Å². The van der Waals surface area contributed by atoms with Crippen molar-refractivity contribution in [3.05, 3.63) is 0 Å². The number of ketones is 1. The monoisotopic (exact) mass is 249 g/mol. The molecule has 1 aliphatic heterocycles. The molecule has 1 fully saturated rings. The second-order valence-corrected chi connectivity index (χ2v) is 6.18. The Morgan fingerprint density at radius 1 is 1.38 bits per heavy atom. The lowest BCUT2D eigenvalue weighted by molar-refractivity contribution is -0.121. The van der Waals surface area contributed by atoms with Gasteiger partial charge in [-0.2, -0.15) is 0 Å². The topological polar surface area (TPSA) is 63.7 Å². The molecule has 0 saturated carbocycles. The Kier molecular flexibility index (Phi) is 4.89. The minimum absolute atomic E-state index is 0.0221. The maximum Gasteiger partial charge on any atom is 0.216 e. The van der Waals surface area contributed by atoms with E-state index in [2.05, 4.69) is 0 Å². The van der Waals surface area contributed by atoms with E-state index in [1.54, 1.807) is 6.92 Å². The fraction of sp³-hybridized carbons (Fsp3) is 0.900. The molecule has 1 aliphatic rings. The van der Waals surface area contributed by atoms with Crippen LogP contribution < -0.4 is 0 Å². The van der Waals surface area contributed by atoms with Crippen LogP contribution in [0.3, 0.4) is 0 Å². The Morgan fingerprint density at radius 2 is 1.94 bits per heavy atom. The number of nitrogens with zero attached hydrogens (tertiary/aromatic N) is 1. The van der Waals surface area contributed by atoms with Gasteiger partial charge in [-0.05, 0) is 19.8 Å². The largest absolute Gasteiger partial charge is 0.384 e. The van der Waals surface area contributed by atoms with Gasteiger partial charge in [-0.25, -0.2) is 12.7 Å². The second kappa shape index (κ2) is 5.75. The van der Waals surface area contributed by atoms with E-state index in [0.29, 0.717) is 25.9 Å². The molecule has 1 saturated heterocycles. The van der Waals surface area contributed by atoms with Crippen LogP contribution in [0.4, 0.5) is 0 Å². The van der Waals surface area contributed by atoms with E-state index in [4.69, 9.17) is 4.74 Å². The highest BCUT2D eigenvalue weighted by molar-refractivity contribution is 7.89. The summed E-state index contributed by atoms with van der Waals surface area (Å²) in [6, 6.07) is 0. The van der Waals surface area contributed by atoms with Crippen molar-refractivity contribution in [2.75, 3.05) is 32.6 Å². The first-order valence-electron chi connectivity index (χ1n) is 5.44. The van der Waals surface area contributed by atoms with Crippen molar-refractivity contribution in [3.63, 3.8) is 0 Å². The molecule has 0 N–H and O–H groups in total. The fourth-order valence-corrected chi connectivity index (χ4v) is 3.26. The highest BCUT2D eigenvalue weighted by Crippen LogP contribution is 2.20. The number of ether oxygens (including phenoxy) is 1. The number of piperidine rings is 1. The zero-order valence-electron chi connectivity index (χ0n) is 9.81. The normalized spacial score (nSPS) is 19.9. The van der Waals surface area contributed by atoms with E-state index in [9.17, 15) is 13.2 Å².